The highest BCUT2D eigenvalue weighted by Gasteiger charge is 2.52. The van der Waals surface area contributed by atoms with Gasteiger partial charge in [-0.05, 0) is 38.5 Å². The van der Waals surface area contributed by atoms with Crippen LogP contribution in [0.25, 0.3) is 0 Å². The van der Waals surface area contributed by atoms with Crippen molar-refractivity contribution in [2.45, 2.75) is 58.0 Å². The number of thiazole rings is 1. The van der Waals surface area contributed by atoms with Crippen molar-refractivity contribution in [1.82, 2.24) is 20.5 Å². The van der Waals surface area contributed by atoms with Crippen molar-refractivity contribution in [2.75, 3.05) is 6.54 Å². The number of urea groups is 1. The largest absolute Gasteiger partial charge is 0.350 e. The summed E-state index contributed by atoms with van der Waals surface area (Å²) in [4.78, 5) is 43.3. The van der Waals surface area contributed by atoms with Gasteiger partial charge in [0.15, 0.2) is 0 Å². The van der Waals surface area contributed by atoms with E-state index >= 15 is 0 Å². The number of carbonyl (C=O) groups excluding carboxylic acids is 3. The fourth-order valence-electron chi connectivity index (χ4n) is 3.61. The Hall–Kier alpha value is -1.96. The van der Waals surface area contributed by atoms with Gasteiger partial charge in [-0.1, -0.05) is 13.3 Å². The van der Waals surface area contributed by atoms with Gasteiger partial charge in [0.2, 0.25) is 5.91 Å². The fourth-order valence-corrected chi connectivity index (χ4v) is 4.34. The SMILES string of the molecule is CCC1CCC2(CC1)NC(=O)N(CC(=O)NCc1cnc(C)s1)C2=O. The number of hydrogen-bond acceptors (Lipinski definition) is 5. The van der Waals surface area contributed by atoms with Gasteiger partial charge in [-0.3, -0.25) is 14.5 Å². The van der Waals surface area contributed by atoms with E-state index in [1.807, 2.05) is 6.92 Å². The van der Waals surface area contributed by atoms with Gasteiger partial charge in [0.1, 0.15) is 12.1 Å². The number of carbonyl (C=O) groups is 3. The molecule has 25 heavy (non-hydrogen) atoms. The van der Waals surface area contributed by atoms with E-state index in [0.717, 1.165) is 34.0 Å². The van der Waals surface area contributed by atoms with Crippen LogP contribution in [0.2, 0.25) is 0 Å². The first kappa shape index (κ1) is 17.8. The molecule has 0 aromatic carbocycles. The van der Waals surface area contributed by atoms with Crippen LogP contribution in [0.3, 0.4) is 0 Å². The van der Waals surface area contributed by atoms with E-state index in [-0.39, 0.29) is 18.4 Å². The molecule has 2 heterocycles. The maximum absolute atomic E-state index is 12.8. The third-order valence-electron chi connectivity index (χ3n) is 5.21. The maximum Gasteiger partial charge on any atom is 0.325 e. The van der Waals surface area contributed by atoms with Crippen LogP contribution in [-0.2, 0) is 16.1 Å². The number of hydrogen-bond donors (Lipinski definition) is 2. The zero-order chi connectivity index (χ0) is 18.0. The highest BCUT2D eigenvalue weighted by molar-refractivity contribution is 7.11. The quantitative estimate of drug-likeness (QED) is 0.781. The highest BCUT2D eigenvalue weighted by Crippen LogP contribution is 2.37. The summed E-state index contributed by atoms with van der Waals surface area (Å²) in [6.45, 7) is 4.17. The molecule has 3 rings (SSSR count). The number of rotatable bonds is 5. The zero-order valence-electron chi connectivity index (χ0n) is 14.6. The first-order chi connectivity index (χ1) is 11.9. The lowest BCUT2D eigenvalue weighted by atomic mass is 9.75. The molecule has 0 bridgehead atoms. The van der Waals surface area contributed by atoms with Crippen LogP contribution in [0, 0.1) is 12.8 Å². The van der Waals surface area contributed by atoms with Crippen molar-refractivity contribution < 1.29 is 14.4 Å². The third kappa shape index (κ3) is 3.68. The van der Waals surface area contributed by atoms with Crippen LogP contribution in [0.1, 0.15) is 48.9 Å². The lowest BCUT2D eigenvalue weighted by Crippen LogP contribution is -2.50. The van der Waals surface area contributed by atoms with E-state index in [1.54, 1.807) is 6.20 Å². The number of aryl methyl sites for hydroxylation is 1. The van der Waals surface area contributed by atoms with Crippen LogP contribution in [0.5, 0.6) is 0 Å². The zero-order valence-corrected chi connectivity index (χ0v) is 15.4. The first-order valence-electron chi connectivity index (χ1n) is 8.75. The van der Waals surface area contributed by atoms with E-state index in [2.05, 4.69) is 22.5 Å². The molecule has 2 fully saturated rings. The molecule has 0 unspecified atom stereocenters. The Morgan fingerprint density at radius 1 is 1.44 bits per heavy atom. The third-order valence-corrected chi connectivity index (χ3v) is 6.13. The van der Waals surface area contributed by atoms with Crippen molar-refractivity contribution in [1.29, 1.82) is 0 Å². The molecule has 2 aliphatic rings. The number of amides is 4. The average Bonchev–Trinajstić information content (AvgIpc) is 3.11. The molecule has 0 radical (unpaired) electrons. The van der Waals surface area contributed by atoms with Crippen molar-refractivity contribution in [3.8, 4) is 0 Å². The van der Waals surface area contributed by atoms with Crippen LogP contribution < -0.4 is 10.6 Å². The highest BCUT2D eigenvalue weighted by atomic mass is 32.1. The monoisotopic (exact) mass is 364 g/mol. The fraction of sp³-hybridized carbons (Fsp3) is 0.647. The summed E-state index contributed by atoms with van der Waals surface area (Å²) in [5, 5.41) is 6.52. The van der Waals surface area contributed by atoms with E-state index < -0.39 is 11.6 Å². The molecule has 1 spiro atoms. The summed E-state index contributed by atoms with van der Waals surface area (Å²) in [6.07, 6.45) is 6.01. The molecule has 7 nitrogen and oxygen atoms in total. The lowest BCUT2D eigenvalue weighted by Gasteiger charge is -2.34. The summed E-state index contributed by atoms with van der Waals surface area (Å²) < 4.78 is 0. The number of nitrogens with zero attached hydrogens (tertiary/aromatic N) is 2. The molecule has 1 aliphatic heterocycles. The summed E-state index contributed by atoms with van der Waals surface area (Å²) >= 11 is 1.51. The number of aromatic nitrogens is 1. The van der Waals surface area contributed by atoms with Crippen LogP contribution in [-0.4, -0.2) is 39.8 Å². The summed E-state index contributed by atoms with van der Waals surface area (Å²) in [7, 11) is 0. The Morgan fingerprint density at radius 3 is 2.76 bits per heavy atom. The molecule has 4 amide bonds. The summed E-state index contributed by atoms with van der Waals surface area (Å²) in [6, 6.07) is -0.455. The first-order valence-corrected chi connectivity index (χ1v) is 9.57. The van der Waals surface area contributed by atoms with Gasteiger partial charge in [0.05, 0.1) is 11.6 Å². The molecule has 1 aliphatic carbocycles. The van der Waals surface area contributed by atoms with Gasteiger partial charge in [-0.2, -0.15) is 0 Å². The Kier molecular flexibility index (Phi) is 5.08. The molecule has 1 saturated heterocycles. The Morgan fingerprint density at radius 2 is 2.16 bits per heavy atom. The second kappa shape index (κ2) is 7.11. The van der Waals surface area contributed by atoms with E-state index in [4.69, 9.17) is 0 Å². The van der Waals surface area contributed by atoms with Crippen molar-refractivity contribution >= 4 is 29.2 Å². The molecule has 2 N–H and O–H groups in total. The van der Waals surface area contributed by atoms with Crippen LogP contribution >= 0.6 is 11.3 Å². The minimum atomic E-state index is -0.794. The second-order valence-corrected chi connectivity index (χ2v) is 8.20. The molecular weight excluding hydrogens is 340 g/mol. The Bertz CT molecular complexity index is 679. The molecular formula is C17H24N4O3S. The number of nitrogens with one attached hydrogen (secondary N) is 2. The second-order valence-electron chi connectivity index (χ2n) is 6.88. The predicted octanol–water partition coefficient (Wildman–Crippen LogP) is 1.96. The average molecular weight is 364 g/mol. The molecule has 1 saturated carbocycles. The van der Waals surface area contributed by atoms with Crippen molar-refractivity contribution in [2.24, 2.45) is 5.92 Å². The van der Waals surface area contributed by atoms with Crippen LogP contribution in [0.4, 0.5) is 4.79 Å². The standard InChI is InChI=1S/C17H24N4O3S/c1-3-12-4-6-17(7-5-12)15(23)21(16(24)20-17)10-14(22)19-9-13-8-18-11(2)25-13/h8,12H,3-7,9-10H2,1-2H3,(H,19,22)(H,20,24). The van der Waals surface area contributed by atoms with E-state index in [0.29, 0.717) is 25.3 Å². The molecule has 1 aromatic heterocycles. The topological polar surface area (TPSA) is 91.4 Å². The minimum Gasteiger partial charge on any atom is -0.350 e. The molecule has 0 atom stereocenters. The van der Waals surface area contributed by atoms with Gasteiger partial charge in [0, 0.05) is 11.1 Å². The maximum atomic E-state index is 12.8. The van der Waals surface area contributed by atoms with Gasteiger partial charge < -0.3 is 10.6 Å². The van der Waals surface area contributed by atoms with Crippen molar-refractivity contribution in [3.63, 3.8) is 0 Å². The van der Waals surface area contributed by atoms with E-state index in [9.17, 15) is 14.4 Å². The Labute approximate surface area is 151 Å². The number of imide groups is 1. The molecule has 1 aromatic rings. The van der Waals surface area contributed by atoms with Gasteiger partial charge in [-0.25, -0.2) is 9.78 Å². The lowest BCUT2D eigenvalue weighted by molar-refractivity contribution is -0.136. The Balaban J connectivity index is 1.56. The molecule has 8 heteroatoms. The van der Waals surface area contributed by atoms with Gasteiger partial charge >= 0.3 is 6.03 Å². The van der Waals surface area contributed by atoms with E-state index in [1.165, 1.54) is 11.3 Å². The summed E-state index contributed by atoms with van der Waals surface area (Å²) in [5.74, 6) is 0.0280. The normalized spacial score (nSPS) is 26.2. The predicted molar refractivity (Wildman–Crippen MR) is 93.9 cm³/mol. The summed E-state index contributed by atoms with van der Waals surface area (Å²) in [5.41, 5.74) is -0.794. The minimum absolute atomic E-state index is 0.235. The van der Waals surface area contributed by atoms with Crippen molar-refractivity contribution in [3.05, 3.63) is 16.1 Å². The van der Waals surface area contributed by atoms with Gasteiger partial charge in [-0.15, -0.1) is 11.3 Å². The van der Waals surface area contributed by atoms with Crippen LogP contribution in [0.15, 0.2) is 6.20 Å². The smallest absolute Gasteiger partial charge is 0.325 e. The van der Waals surface area contributed by atoms with Gasteiger partial charge in [0.25, 0.3) is 5.91 Å². The molecule has 136 valence electrons.